The summed E-state index contributed by atoms with van der Waals surface area (Å²) < 4.78 is 62.4. The van der Waals surface area contributed by atoms with Crippen molar-refractivity contribution in [1.29, 1.82) is 0 Å². The van der Waals surface area contributed by atoms with Gasteiger partial charge in [0.1, 0.15) is 5.15 Å². The average Bonchev–Trinajstić information content (AvgIpc) is 2.97. The first-order valence-electron chi connectivity index (χ1n) is 9.15. The lowest BCUT2D eigenvalue weighted by molar-refractivity contribution is -0.192. The number of hydrogen-bond acceptors (Lipinski definition) is 5. The van der Waals surface area contributed by atoms with Crippen molar-refractivity contribution in [3.8, 4) is 11.8 Å². The van der Waals surface area contributed by atoms with E-state index in [1.807, 2.05) is 0 Å². The molecule has 1 aliphatic rings. The minimum Gasteiger partial charge on any atom is -0.475 e. The molecular formula is C19H18ClF5IN3O2S. The molecule has 0 aliphatic heterocycles. The van der Waals surface area contributed by atoms with E-state index in [2.05, 4.69) is 44.7 Å². The van der Waals surface area contributed by atoms with Crippen LogP contribution in [0.25, 0.3) is 10.2 Å². The molecule has 1 saturated carbocycles. The molecule has 5 nitrogen and oxygen atoms in total. The van der Waals surface area contributed by atoms with Gasteiger partial charge in [0.05, 0.1) is 31.9 Å². The molecule has 13 heteroatoms. The molecule has 2 heterocycles. The van der Waals surface area contributed by atoms with Crippen molar-refractivity contribution < 1.29 is 31.9 Å². The molecule has 0 bridgehead atoms. The Labute approximate surface area is 203 Å². The van der Waals surface area contributed by atoms with Crippen LogP contribution < -0.4 is 11.1 Å². The maximum absolute atomic E-state index is 14.6. The lowest BCUT2D eigenvalue weighted by Crippen LogP contribution is -2.43. The van der Waals surface area contributed by atoms with E-state index in [1.54, 1.807) is 13.0 Å². The Morgan fingerprint density at radius 1 is 1.50 bits per heavy atom. The third-order valence-electron chi connectivity index (χ3n) is 4.58. The highest BCUT2D eigenvalue weighted by atomic mass is 127. The van der Waals surface area contributed by atoms with Crippen molar-refractivity contribution >= 4 is 67.4 Å². The molecule has 1 aliphatic carbocycles. The molecule has 176 valence electrons. The highest BCUT2D eigenvalue weighted by Gasteiger charge is 2.48. The second-order valence-electron chi connectivity index (χ2n) is 6.83. The monoisotopic (exact) mass is 609 g/mol. The first kappa shape index (κ1) is 26.8. The highest BCUT2D eigenvalue weighted by molar-refractivity contribution is 14.1. The van der Waals surface area contributed by atoms with Gasteiger partial charge in [-0.2, -0.15) is 13.2 Å². The van der Waals surface area contributed by atoms with E-state index >= 15 is 0 Å². The molecule has 0 radical (unpaired) electrons. The number of alkyl halides is 5. The molecule has 0 unspecified atom stereocenters. The van der Waals surface area contributed by atoms with Gasteiger partial charge in [0, 0.05) is 23.4 Å². The summed E-state index contributed by atoms with van der Waals surface area (Å²) in [5, 5.41) is 10.6. The van der Waals surface area contributed by atoms with E-state index < -0.39 is 30.0 Å². The van der Waals surface area contributed by atoms with Crippen LogP contribution in [-0.4, -0.2) is 40.7 Å². The van der Waals surface area contributed by atoms with Crippen molar-refractivity contribution in [2.24, 2.45) is 5.73 Å². The lowest BCUT2D eigenvalue weighted by atomic mass is 9.81. The van der Waals surface area contributed by atoms with E-state index in [9.17, 15) is 22.0 Å². The predicted octanol–water partition coefficient (Wildman–Crippen LogP) is 5.85. The van der Waals surface area contributed by atoms with E-state index in [0.717, 1.165) is 10.4 Å². The topological polar surface area (TPSA) is 88.2 Å². The number of carboxylic acids is 1. The molecule has 2 aromatic rings. The number of halogens is 7. The summed E-state index contributed by atoms with van der Waals surface area (Å²) in [6.45, 7) is 2.21. The molecule has 0 amide bonds. The van der Waals surface area contributed by atoms with Gasteiger partial charge in [0.2, 0.25) is 0 Å². The summed E-state index contributed by atoms with van der Waals surface area (Å²) in [7, 11) is 0. The van der Waals surface area contributed by atoms with Crippen LogP contribution in [0.1, 0.15) is 37.0 Å². The molecule has 3 rings (SSSR count). The van der Waals surface area contributed by atoms with E-state index in [-0.39, 0.29) is 6.42 Å². The predicted molar refractivity (Wildman–Crippen MR) is 122 cm³/mol. The molecule has 2 atom stereocenters. The van der Waals surface area contributed by atoms with Crippen molar-refractivity contribution in [3.05, 3.63) is 19.7 Å². The van der Waals surface area contributed by atoms with Crippen molar-refractivity contribution in [2.75, 3.05) is 11.9 Å². The summed E-state index contributed by atoms with van der Waals surface area (Å²) in [5.41, 5.74) is 7.50. The number of hydrogen-bond donors (Lipinski definition) is 3. The summed E-state index contributed by atoms with van der Waals surface area (Å²) in [6.07, 6.45) is -4.14. The van der Waals surface area contributed by atoms with Crippen molar-refractivity contribution in [3.63, 3.8) is 0 Å². The SMILES string of the molecule is CC#CCNc1cc(Cl)nc2c(I)c([C@@H]3[C@@H](N)CCCC3(F)F)sc12.O=C(O)C(F)(F)F. The number of nitrogens with two attached hydrogens (primary N) is 1. The van der Waals surface area contributed by atoms with E-state index in [0.29, 0.717) is 38.5 Å². The fourth-order valence-corrected chi connectivity index (χ4v) is 5.98. The van der Waals surface area contributed by atoms with Crippen LogP contribution in [-0.2, 0) is 4.79 Å². The number of carbonyl (C=O) groups is 1. The summed E-state index contributed by atoms with van der Waals surface area (Å²) >= 11 is 9.55. The quantitative estimate of drug-likeness (QED) is 0.176. The van der Waals surface area contributed by atoms with Crippen LogP contribution in [0.5, 0.6) is 0 Å². The number of thiophene rings is 1. The Kier molecular flexibility index (Phi) is 8.94. The van der Waals surface area contributed by atoms with Crippen LogP contribution in [0, 0.1) is 15.4 Å². The molecule has 32 heavy (non-hydrogen) atoms. The Bertz CT molecular complexity index is 1050. The minimum atomic E-state index is -5.08. The summed E-state index contributed by atoms with van der Waals surface area (Å²) in [5.74, 6) is -0.802. The maximum Gasteiger partial charge on any atom is 0.490 e. The van der Waals surface area contributed by atoms with Crippen molar-refractivity contribution in [1.82, 2.24) is 4.98 Å². The van der Waals surface area contributed by atoms with Crippen LogP contribution >= 0.6 is 45.5 Å². The standard InChI is InChI=1S/C17H17ClF2IN3S.C2HF3O2/c1-2-3-7-23-10-8-11(18)24-14-13(21)16(25-15(10)14)12-9(22)5-4-6-17(12,19)20;3-2(4,5)1(6)7/h8-9,12H,4-7,22H2,1H3,(H,23,24);(H,6,7)/t9-,12-;/m0./s1. The van der Waals surface area contributed by atoms with Gasteiger partial charge in [-0.05, 0) is 42.4 Å². The summed E-state index contributed by atoms with van der Waals surface area (Å²) in [6, 6.07) is 1.15. The van der Waals surface area contributed by atoms with Crippen LogP contribution in [0.15, 0.2) is 6.07 Å². The normalized spacial score (nSPS) is 20.0. The van der Waals surface area contributed by atoms with Gasteiger partial charge in [-0.25, -0.2) is 18.6 Å². The van der Waals surface area contributed by atoms with Crippen LogP contribution in [0.3, 0.4) is 0 Å². The number of pyridine rings is 1. The number of carboxylic acid groups (broad SMARTS) is 1. The number of anilines is 1. The largest absolute Gasteiger partial charge is 0.490 e. The van der Waals surface area contributed by atoms with E-state index in [4.69, 9.17) is 27.2 Å². The lowest BCUT2D eigenvalue weighted by Gasteiger charge is -2.35. The van der Waals surface area contributed by atoms with Crippen LogP contribution in [0.2, 0.25) is 5.15 Å². The number of nitrogens with one attached hydrogen (secondary N) is 1. The zero-order valence-corrected chi connectivity index (χ0v) is 20.2. The number of aromatic nitrogens is 1. The van der Waals surface area contributed by atoms with Gasteiger partial charge in [-0.1, -0.05) is 17.5 Å². The molecule has 0 saturated heterocycles. The highest BCUT2D eigenvalue weighted by Crippen LogP contribution is 2.50. The fourth-order valence-electron chi connectivity index (χ4n) is 3.18. The number of rotatable bonds is 3. The first-order chi connectivity index (χ1) is 14.8. The average molecular weight is 610 g/mol. The molecule has 0 spiro atoms. The number of fused-ring (bicyclic) bond motifs is 1. The van der Waals surface area contributed by atoms with E-state index in [1.165, 1.54) is 11.3 Å². The van der Waals surface area contributed by atoms with Crippen LogP contribution in [0.4, 0.5) is 27.6 Å². The third-order valence-corrected chi connectivity index (χ3v) is 7.52. The van der Waals surface area contributed by atoms with Gasteiger partial charge >= 0.3 is 12.1 Å². The minimum absolute atomic E-state index is 0.124. The Hall–Kier alpha value is -1.43. The smallest absolute Gasteiger partial charge is 0.475 e. The molecule has 2 aromatic heterocycles. The van der Waals surface area contributed by atoms with Gasteiger partial charge in [0.15, 0.2) is 0 Å². The number of aliphatic carboxylic acids is 1. The molecular weight excluding hydrogens is 592 g/mol. The van der Waals surface area contributed by atoms with Crippen molar-refractivity contribution in [2.45, 2.75) is 50.2 Å². The Morgan fingerprint density at radius 2 is 2.12 bits per heavy atom. The number of nitrogens with zero attached hydrogens (tertiary/aromatic N) is 1. The van der Waals surface area contributed by atoms with Gasteiger partial charge in [0.25, 0.3) is 5.92 Å². The molecule has 4 N–H and O–H groups in total. The Balaban J connectivity index is 0.000000451. The first-order valence-corrected chi connectivity index (χ1v) is 11.4. The Morgan fingerprint density at radius 3 is 2.66 bits per heavy atom. The van der Waals surface area contributed by atoms with Gasteiger partial charge < -0.3 is 16.2 Å². The maximum atomic E-state index is 14.6. The third kappa shape index (κ3) is 6.33. The second-order valence-corrected chi connectivity index (χ2v) is 9.35. The second kappa shape index (κ2) is 10.7. The summed E-state index contributed by atoms with van der Waals surface area (Å²) in [4.78, 5) is 13.9. The van der Waals surface area contributed by atoms with Gasteiger partial charge in [-0.15, -0.1) is 17.3 Å². The molecule has 0 aromatic carbocycles. The molecule has 1 fully saturated rings. The fraction of sp³-hybridized carbons (Fsp3) is 0.474. The zero-order valence-electron chi connectivity index (χ0n) is 16.5. The zero-order chi connectivity index (χ0) is 24.3. The van der Waals surface area contributed by atoms with Gasteiger partial charge in [-0.3, -0.25) is 0 Å².